The van der Waals surface area contributed by atoms with Crippen LogP contribution in [0.3, 0.4) is 0 Å². The second-order valence-corrected chi connectivity index (χ2v) is 16.3. The van der Waals surface area contributed by atoms with Crippen LogP contribution in [0.15, 0.2) is 42.6 Å². The Bertz CT molecular complexity index is 889. The van der Waals surface area contributed by atoms with E-state index in [1.807, 2.05) is 57.2 Å². The molecule has 0 saturated heterocycles. The fourth-order valence-corrected chi connectivity index (χ4v) is 10.2. The van der Waals surface area contributed by atoms with Crippen molar-refractivity contribution in [2.24, 2.45) is 0 Å². The SMILES string of the molecule is CC(C)[Si](OCc1cccc(N(CCc2ccccn2)C(=O)OC(C)(C)C)n1)(C(C)C)C(C)C. The molecule has 34 heavy (non-hydrogen) atoms. The van der Waals surface area contributed by atoms with Crippen molar-refractivity contribution in [2.45, 2.75) is 97.6 Å². The molecule has 0 fully saturated rings. The van der Waals surface area contributed by atoms with Gasteiger partial charge in [-0.1, -0.05) is 53.7 Å². The van der Waals surface area contributed by atoms with Gasteiger partial charge in [0.25, 0.3) is 0 Å². The van der Waals surface area contributed by atoms with E-state index in [0.717, 1.165) is 11.4 Å². The second kappa shape index (κ2) is 11.9. The fourth-order valence-electron chi connectivity index (χ4n) is 4.79. The smallest absolute Gasteiger partial charge is 0.416 e. The van der Waals surface area contributed by atoms with Crippen LogP contribution in [0.1, 0.15) is 73.7 Å². The predicted octanol–water partition coefficient (Wildman–Crippen LogP) is 7.15. The molecule has 0 aromatic carbocycles. The number of carbonyl (C=O) groups is 1. The van der Waals surface area contributed by atoms with Gasteiger partial charge in [-0.2, -0.15) is 0 Å². The maximum atomic E-state index is 13.1. The molecule has 0 aliphatic carbocycles. The van der Waals surface area contributed by atoms with Crippen LogP contribution in [0.4, 0.5) is 10.6 Å². The van der Waals surface area contributed by atoms with Gasteiger partial charge in [-0.25, -0.2) is 9.78 Å². The van der Waals surface area contributed by atoms with E-state index >= 15 is 0 Å². The molecule has 6 nitrogen and oxygen atoms in total. The van der Waals surface area contributed by atoms with Crippen molar-refractivity contribution in [3.05, 3.63) is 54.0 Å². The highest BCUT2D eigenvalue weighted by atomic mass is 28.4. The Kier molecular flexibility index (Phi) is 9.82. The number of aromatic nitrogens is 2. The molecular weight excluding hydrogens is 442 g/mol. The van der Waals surface area contributed by atoms with Gasteiger partial charge in [-0.15, -0.1) is 0 Å². The summed E-state index contributed by atoms with van der Waals surface area (Å²) in [5, 5.41) is 0. The molecule has 0 unspecified atom stereocenters. The average molecular weight is 486 g/mol. The number of anilines is 1. The van der Waals surface area contributed by atoms with Crippen molar-refractivity contribution in [3.8, 4) is 0 Å². The summed E-state index contributed by atoms with van der Waals surface area (Å²) >= 11 is 0. The van der Waals surface area contributed by atoms with Gasteiger partial charge in [-0.3, -0.25) is 9.88 Å². The monoisotopic (exact) mass is 485 g/mol. The number of rotatable bonds is 10. The summed E-state index contributed by atoms with van der Waals surface area (Å²) in [5.74, 6) is 0.567. The Morgan fingerprint density at radius 3 is 2.09 bits per heavy atom. The van der Waals surface area contributed by atoms with Crippen molar-refractivity contribution < 1.29 is 14.0 Å². The van der Waals surface area contributed by atoms with Gasteiger partial charge in [0, 0.05) is 24.9 Å². The lowest BCUT2D eigenvalue weighted by atomic mass is 10.2. The van der Waals surface area contributed by atoms with Crippen LogP contribution in [-0.4, -0.2) is 36.5 Å². The molecule has 2 heterocycles. The maximum absolute atomic E-state index is 13.1. The largest absolute Gasteiger partial charge is 0.443 e. The molecule has 1 amide bonds. The van der Waals surface area contributed by atoms with Gasteiger partial charge in [0.15, 0.2) is 0 Å². The third-order valence-corrected chi connectivity index (χ3v) is 12.2. The van der Waals surface area contributed by atoms with E-state index in [2.05, 4.69) is 46.5 Å². The molecule has 2 rings (SSSR count). The van der Waals surface area contributed by atoms with E-state index < -0.39 is 20.0 Å². The van der Waals surface area contributed by atoms with E-state index in [1.54, 1.807) is 11.1 Å². The number of ether oxygens (including phenoxy) is 1. The molecule has 0 N–H and O–H groups in total. The van der Waals surface area contributed by atoms with E-state index in [-0.39, 0.29) is 0 Å². The van der Waals surface area contributed by atoms with Crippen LogP contribution >= 0.6 is 0 Å². The van der Waals surface area contributed by atoms with Crippen LogP contribution in [0.5, 0.6) is 0 Å². The zero-order valence-corrected chi connectivity index (χ0v) is 23.5. The molecular formula is C27H43N3O3Si. The molecule has 2 aromatic heterocycles. The van der Waals surface area contributed by atoms with Crippen LogP contribution in [0.25, 0.3) is 0 Å². The third kappa shape index (κ3) is 7.37. The Morgan fingerprint density at radius 2 is 1.56 bits per heavy atom. The number of nitrogens with zero attached hydrogens (tertiary/aromatic N) is 3. The molecule has 0 radical (unpaired) electrons. The van der Waals surface area contributed by atoms with E-state index in [1.165, 1.54) is 0 Å². The minimum atomic E-state index is -2.02. The maximum Gasteiger partial charge on any atom is 0.416 e. The van der Waals surface area contributed by atoms with Crippen LogP contribution in [0.2, 0.25) is 16.6 Å². The summed E-state index contributed by atoms with van der Waals surface area (Å²) in [6, 6.07) is 11.5. The normalized spacial score (nSPS) is 12.5. The van der Waals surface area contributed by atoms with Gasteiger partial charge >= 0.3 is 6.09 Å². The molecule has 0 saturated carbocycles. The molecule has 0 aliphatic heterocycles. The van der Waals surface area contributed by atoms with Crippen molar-refractivity contribution in [1.82, 2.24) is 9.97 Å². The van der Waals surface area contributed by atoms with Crippen LogP contribution in [-0.2, 0) is 22.2 Å². The first-order valence-electron chi connectivity index (χ1n) is 12.4. The number of amides is 1. The first-order valence-corrected chi connectivity index (χ1v) is 14.5. The summed E-state index contributed by atoms with van der Waals surface area (Å²) in [7, 11) is -2.02. The second-order valence-electron chi connectivity index (χ2n) is 10.8. The Hall–Kier alpha value is -2.25. The van der Waals surface area contributed by atoms with Crippen molar-refractivity contribution in [3.63, 3.8) is 0 Å². The average Bonchev–Trinajstić information content (AvgIpc) is 2.73. The van der Waals surface area contributed by atoms with E-state index in [9.17, 15) is 4.79 Å². The van der Waals surface area contributed by atoms with Gasteiger partial charge in [0.2, 0.25) is 8.32 Å². The number of carbonyl (C=O) groups excluding carboxylic acids is 1. The summed E-state index contributed by atoms with van der Waals surface area (Å²) in [6.45, 7) is 20.1. The Labute approximate surface area is 207 Å². The Balaban J connectivity index is 2.29. The highest BCUT2D eigenvalue weighted by Gasteiger charge is 2.45. The van der Waals surface area contributed by atoms with E-state index in [0.29, 0.717) is 42.0 Å². The lowest BCUT2D eigenvalue weighted by Gasteiger charge is -2.42. The van der Waals surface area contributed by atoms with Crippen molar-refractivity contribution >= 4 is 20.2 Å². The zero-order chi connectivity index (χ0) is 25.5. The lowest BCUT2D eigenvalue weighted by Crippen LogP contribution is -2.47. The van der Waals surface area contributed by atoms with Crippen LogP contribution in [0, 0.1) is 0 Å². The quantitative estimate of drug-likeness (QED) is 0.334. The highest BCUT2D eigenvalue weighted by molar-refractivity contribution is 6.77. The van der Waals surface area contributed by atoms with Crippen molar-refractivity contribution in [2.75, 3.05) is 11.4 Å². The van der Waals surface area contributed by atoms with Gasteiger partial charge < -0.3 is 9.16 Å². The molecule has 0 spiro atoms. The molecule has 0 aliphatic rings. The van der Waals surface area contributed by atoms with Gasteiger partial charge in [0.05, 0.1) is 12.3 Å². The van der Waals surface area contributed by atoms with Crippen LogP contribution < -0.4 is 4.90 Å². The lowest BCUT2D eigenvalue weighted by molar-refractivity contribution is 0.0579. The Morgan fingerprint density at radius 1 is 0.941 bits per heavy atom. The van der Waals surface area contributed by atoms with Gasteiger partial charge in [-0.05, 0) is 61.7 Å². The van der Waals surface area contributed by atoms with Crippen molar-refractivity contribution in [1.29, 1.82) is 0 Å². The minimum Gasteiger partial charge on any atom is -0.443 e. The summed E-state index contributed by atoms with van der Waals surface area (Å²) in [5.41, 5.74) is 2.62. The summed E-state index contributed by atoms with van der Waals surface area (Å²) in [4.78, 5) is 23.9. The number of hydrogen-bond acceptors (Lipinski definition) is 5. The topological polar surface area (TPSA) is 64.5 Å². The molecule has 0 bridgehead atoms. The number of hydrogen-bond donors (Lipinski definition) is 0. The first kappa shape index (κ1) is 28.0. The molecule has 0 atom stereocenters. The number of pyridine rings is 2. The summed E-state index contributed by atoms with van der Waals surface area (Å²) in [6.07, 6.45) is 1.95. The van der Waals surface area contributed by atoms with Gasteiger partial charge in [0.1, 0.15) is 11.4 Å². The highest BCUT2D eigenvalue weighted by Crippen LogP contribution is 2.42. The predicted molar refractivity (Wildman–Crippen MR) is 142 cm³/mol. The summed E-state index contributed by atoms with van der Waals surface area (Å²) < 4.78 is 12.4. The zero-order valence-electron chi connectivity index (χ0n) is 22.5. The molecule has 188 valence electrons. The van der Waals surface area contributed by atoms with E-state index in [4.69, 9.17) is 14.1 Å². The minimum absolute atomic E-state index is 0.413. The third-order valence-electron chi connectivity index (χ3n) is 6.18. The standard InChI is InChI=1S/C27H43N3O3Si/c1-20(2)34(21(3)4,22(5)6)32-19-24-14-12-15-25(29-24)30(26(31)33-27(7,8)9)18-16-23-13-10-11-17-28-23/h10-15,17,20-22H,16,18-19H2,1-9H3. The molecule has 2 aromatic rings. The first-order chi connectivity index (χ1) is 15.9. The molecule has 7 heteroatoms. The fraction of sp³-hybridized carbons (Fsp3) is 0.593.